The third kappa shape index (κ3) is 4.95. The van der Waals surface area contributed by atoms with Gasteiger partial charge in [0.25, 0.3) is 5.91 Å². The number of aromatic amines is 1. The largest absolute Gasteiger partial charge is 0.484 e. The predicted octanol–water partition coefficient (Wildman–Crippen LogP) is 5.10. The van der Waals surface area contributed by atoms with Crippen molar-refractivity contribution in [2.24, 2.45) is 0 Å². The molecule has 4 rings (SSSR count). The molecule has 0 spiro atoms. The van der Waals surface area contributed by atoms with Crippen molar-refractivity contribution in [1.29, 1.82) is 0 Å². The number of nitrogens with zero attached hydrogens (tertiary/aromatic N) is 1. The minimum absolute atomic E-state index is 0.142. The number of benzene rings is 3. The maximum Gasteiger partial charge on any atom is 0.265 e. The molecule has 0 saturated carbocycles. The molecule has 0 saturated heterocycles. The molecule has 31 heavy (non-hydrogen) atoms. The van der Waals surface area contributed by atoms with Crippen LogP contribution in [0, 0.1) is 6.92 Å². The molecule has 0 aliphatic carbocycles. The molecule has 0 aliphatic heterocycles. The lowest BCUT2D eigenvalue weighted by molar-refractivity contribution is -0.120. The summed E-state index contributed by atoms with van der Waals surface area (Å²) in [5, 5.41) is 1.49. The average molecular weight is 433 g/mol. The Bertz CT molecular complexity index is 1280. The molecule has 1 aromatic heterocycles. The minimum atomic E-state index is -0.218. The maximum absolute atomic E-state index is 13.2. The minimum Gasteiger partial charge on any atom is -0.484 e. The number of nitrogens with one attached hydrogen (secondary N) is 1. The molecule has 6 heteroatoms. The summed E-state index contributed by atoms with van der Waals surface area (Å²) >= 11 is 5.91. The van der Waals surface area contributed by atoms with Crippen molar-refractivity contribution in [3.8, 4) is 5.75 Å². The number of H-pyrrole nitrogens is 1. The van der Waals surface area contributed by atoms with Crippen LogP contribution in [0.4, 0.5) is 5.69 Å². The predicted molar refractivity (Wildman–Crippen MR) is 124 cm³/mol. The standard InChI is InChI=1S/C25H21ClN2O3/c1-17-5-4-6-20(13-17)28(25(30)16-31-21-11-9-19(26)10-12-21)15-18-14-24(29)27-23-8-3-2-7-22(18)23/h2-14H,15-16H2,1H3,(H,27,29). The molecule has 5 nitrogen and oxygen atoms in total. The summed E-state index contributed by atoms with van der Waals surface area (Å²) < 4.78 is 5.69. The number of pyridine rings is 1. The van der Waals surface area contributed by atoms with E-state index in [0.717, 1.165) is 27.7 Å². The van der Waals surface area contributed by atoms with Crippen LogP contribution < -0.4 is 15.2 Å². The van der Waals surface area contributed by atoms with Gasteiger partial charge in [-0.2, -0.15) is 0 Å². The van der Waals surface area contributed by atoms with Crippen molar-refractivity contribution in [1.82, 2.24) is 4.98 Å². The molecule has 0 atom stereocenters. The summed E-state index contributed by atoms with van der Waals surface area (Å²) in [5.41, 5.74) is 3.07. The van der Waals surface area contributed by atoms with Gasteiger partial charge in [0.2, 0.25) is 5.56 Å². The molecular formula is C25H21ClN2O3. The molecular weight excluding hydrogens is 412 g/mol. The van der Waals surface area contributed by atoms with Crippen LogP contribution in [-0.2, 0) is 11.3 Å². The lowest BCUT2D eigenvalue weighted by Crippen LogP contribution is -2.35. The molecule has 3 aromatic carbocycles. The first-order valence-electron chi connectivity index (χ1n) is 9.86. The fourth-order valence-electron chi connectivity index (χ4n) is 3.45. The second kappa shape index (κ2) is 9.06. The summed E-state index contributed by atoms with van der Waals surface area (Å²) in [6, 6.07) is 23.7. The highest BCUT2D eigenvalue weighted by molar-refractivity contribution is 6.30. The van der Waals surface area contributed by atoms with Gasteiger partial charge in [0.15, 0.2) is 6.61 Å². The van der Waals surface area contributed by atoms with E-state index < -0.39 is 0 Å². The quantitative estimate of drug-likeness (QED) is 0.461. The van der Waals surface area contributed by atoms with Gasteiger partial charge in [-0.15, -0.1) is 0 Å². The van der Waals surface area contributed by atoms with Gasteiger partial charge in [-0.1, -0.05) is 41.9 Å². The molecule has 1 N–H and O–H groups in total. The van der Waals surface area contributed by atoms with Gasteiger partial charge >= 0.3 is 0 Å². The van der Waals surface area contributed by atoms with Crippen molar-refractivity contribution in [2.75, 3.05) is 11.5 Å². The molecule has 0 fully saturated rings. The molecule has 0 bridgehead atoms. The van der Waals surface area contributed by atoms with Crippen LogP contribution in [0.3, 0.4) is 0 Å². The second-order valence-corrected chi connectivity index (χ2v) is 7.70. The van der Waals surface area contributed by atoms with Crippen molar-refractivity contribution >= 4 is 34.1 Å². The summed E-state index contributed by atoms with van der Waals surface area (Å²) in [7, 11) is 0. The Balaban J connectivity index is 1.66. The Morgan fingerprint density at radius 3 is 2.55 bits per heavy atom. The van der Waals surface area contributed by atoms with Gasteiger partial charge in [0, 0.05) is 27.7 Å². The van der Waals surface area contributed by atoms with Gasteiger partial charge in [0.1, 0.15) is 5.75 Å². The Morgan fingerprint density at radius 2 is 1.77 bits per heavy atom. The zero-order chi connectivity index (χ0) is 21.8. The normalized spacial score (nSPS) is 10.8. The number of ether oxygens (including phenoxy) is 1. The molecule has 1 amide bonds. The van der Waals surface area contributed by atoms with Crippen LogP contribution in [0.1, 0.15) is 11.1 Å². The van der Waals surface area contributed by atoms with E-state index in [1.54, 1.807) is 35.2 Å². The van der Waals surface area contributed by atoms with Crippen LogP contribution in [0.2, 0.25) is 5.02 Å². The highest BCUT2D eigenvalue weighted by atomic mass is 35.5. The number of fused-ring (bicyclic) bond motifs is 1. The van der Waals surface area contributed by atoms with Crippen molar-refractivity contribution in [2.45, 2.75) is 13.5 Å². The number of carbonyl (C=O) groups excluding carboxylic acids is 1. The third-order valence-corrected chi connectivity index (χ3v) is 5.21. The first-order valence-corrected chi connectivity index (χ1v) is 10.2. The zero-order valence-electron chi connectivity index (χ0n) is 17.0. The number of para-hydroxylation sites is 1. The van der Waals surface area contributed by atoms with Crippen molar-refractivity contribution in [3.05, 3.63) is 105 Å². The average Bonchev–Trinajstić information content (AvgIpc) is 2.76. The van der Waals surface area contributed by atoms with Crippen LogP contribution >= 0.6 is 11.6 Å². The Morgan fingerprint density at radius 1 is 1.00 bits per heavy atom. The molecule has 156 valence electrons. The van der Waals surface area contributed by atoms with Crippen LogP contribution in [0.25, 0.3) is 10.9 Å². The molecule has 1 heterocycles. The number of hydrogen-bond acceptors (Lipinski definition) is 3. The highest BCUT2D eigenvalue weighted by Gasteiger charge is 2.19. The highest BCUT2D eigenvalue weighted by Crippen LogP contribution is 2.23. The zero-order valence-corrected chi connectivity index (χ0v) is 17.7. The number of anilines is 1. The molecule has 0 radical (unpaired) electrons. The van der Waals surface area contributed by atoms with E-state index >= 15 is 0 Å². The van der Waals surface area contributed by atoms with E-state index in [2.05, 4.69) is 4.98 Å². The number of carbonyl (C=O) groups is 1. The summed E-state index contributed by atoms with van der Waals surface area (Å²) in [6.07, 6.45) is 0. The van der Waals surface area contributed by atoms with Gasteiger partial charge in [0.05, 0.1) is 6.54 Å². The first kappa shape index (κ1) is 20.7. The van der Waals surface area contributed by atoms with Gasteiger partial charge < -0.3 is 14.6 Å². The van der Waals surface area contributed by atoms with E-state index in [-0.39, 0.29) is 24.6 Å². The van der Waals surface area contributed by atoms with E-state index in [1.807, 2.05) is 55.5 Å². The van der Waals surface area contributed by atoms with Gasteiger partial charge in [-0.05, 0) is 60.5 Å². The fourth-order valence-corrected chi connectivity index (χ4v) is 3.58. The second-order valence-electron chi connectivity index (χ2n) is 7.27. The van der Waals surface area contributed by atoms with Crippen molar-refractivity contribution in [3.63, 3.8) is 0 Å². The first-order chi connectivity index (χ1) is 15.0. The number of aryl methyl sites for hydroxylation is 1. The lowest BCUT2D eigenvalue weighted by atomic mass is 10.1. The lowest BCUT2D eigenvalue weighted by Gasteiger charge is -2.24. The number of aromatic nitrogens is 1. The topological polar surface area (TPSA) is 62.4 Å². The Labute approximate surface area is 184 Å². The maximum atomic E-state index is 13.2. The van der Waals surface area contributed by atoms with Crippen LogP contribution in [0.15, 0.2) is 83.7 Å². The Kier molecular flexibility index (Phi) is 6.05. The number of hydrogen-bond donors (Lipinski definition) is 1. The van der Waals surface area contributed by atoms with Crippen LogP contribution in [0.5, 0.6) is 5.75 Å². The molecule has 0 aliphatic rings. The van der Waals surface area contributed by atoms with Crippen LogP contribution in [-0.4, -0.2) is 17.5 Å². The molecule has 0 unspecified atom stereocenters. The summed E-state index contributed by atoms with van der Waals surface area (Å²) in [4.78, 5) is 29.9. The van der Waals surface area contributed by atoms with Gasteiger partial charge in [-0.25, -0.2) is 0 Å². The smallest absolute Gasteiger partial charge is 0.265 e. The third-order valence-electron chi connectivity index (χ3n) is 4.96. The number of amides is 1. The van der Waals surface area contributed by atoms with E-state index in [0.29, 0.717) is 10.8 Å². The van der Waals surface area contributed by atoms with E-state index in [1.165, 1.54) is 0 Å². The number of halogens is 1. The number of rotatable bonds is 6. The monoisotopic (exact) mass is 432 g/mol. The Hall–Kier alpha value is -3.57. The van der Waals surface area contributed by atoms with Gasteiger partial charge in [-0.3, -0.25) is 9.59 Å². The SMILES string of the molecule is Cc1cccc(N(Cc2cc(=O)[nH]c3ccccc23)C(=O)COc2ccc(Cl)cc2)c1. The molecule has 4 aromatic rings. The summed E-state index contributed by atoms with van der Waals surface area (Å²) in [6.45, 7) is 2.08. The van der Waals surface area contributed by atoms with E-state index in [9.17, 15) is 9.59 Å². The van der Waals surface area contributed by atoms with E-state index in [4.69, 9.17) is 16.3 Å². The van der Waals surface area contributed by atoms with Crippen molar-refractivity contribution < 1.29 is 9.53 Å². The summed E-state index contributed by atoms with van der Waals surface area (Å²) in [5.74, 6) is 0.341. The fraction of sp³-hybridized carbons (Fsp3) is 0.120.